The summed E-state index contributed by atoms with van der Waals surface area (Å²) in [5.41, 5.74) is 4.60. The number of H-pyrrole nitrogens is 1. The number of carbonyl (C=O) groups is 2. The van der Waals surface area contributed by atoms with Crippen LogP contribution < -0.4 is 16.4 Å². The van der Waals surface area contributed by atoms with Crippen LogP contribution in [0.25, 0.3) is 10.8 Å². The third kappa shape index (κ3) is 3.04. The Balaban J connectivity index is 1.82. The van der Waals surface area contributed by atoms with Gasteiger partial charge < -0.3 is 0 Å². The number of aromatic nitrogens is 2. The molecule has 2 aromatic carbocycles. The van der Waals surface area contributed by atoms with Gasteiger partial charge in [0, 0.05) is 9.86 Å². The summed E-state index contributed by atoms with van der Waals surface area (Å²) >= 11 is 3.26. The fraction of sp³-hybridized carbons (Fsp3) is 0. The first-order chi connectivity index (χ1) is 11.6. The van der Waals surface area contributed by atoms with Gasteiger partial charge in [0.2, 0.25) is 0 Å². The van der Waals surface area contributed by atoms with E-state index in [-0.39, 0.29) is 11.3 Å². The number of nitrogens with one attached hydrogen (secondary N) is 3. The monoisotopic (exact) mass is 386 g/mol. The Morgan fingerprint density at radius 3 is 2.29 bits per heavy atom. The standard InChI is InChI=1S/C16H11BrN4O3/c17-12-8-4-3-7-11(12)15(23)20-21-16(24)13-9-5-1-2-6-10(9)14(22)19-18-13/h1-8H,(H,19,22)(H,20,23)(H,21,24). The Morgan fingerprint density at radius 2 is 1.54 bits per heavy atom. The topological polar surface area (TPSA) is 104 Å². The van der Waals surface area contributed by atoms with Gasteiger partial charge in [-0.2, -0.15) is 5.10 Å². The van der Waals surface area contributed by atoms with E-state index in [2.05, 4.69) is 37.0 Å². The van der Waals surface area contributed by atoms with Gasteiger partial charge in [0.15, 0.2) is 5.69 Å². The normalized spacial score (nSPS) is 10.4. The van der Waals surface area contributed by atoms with E-state index in [1.807, 2.05) is 0 Å². The molecule has 0 aliphatic rings. The number of hydrazine groups is 1. The largest absolute Gasteiger partial charge is 0.290 e. The van der Waals surface area contributed by atoms with E-state index in [0.717, 1.165) is 0 Å². The number of hydrogen-bond acceptors (Lipinski definition) is 4. The highest BCUT2D eigenvalue weighted by atomic mass is 79.9. The quantitative estimate of drug-likeness (QED) is 0.583. The second-order valence-corrected chi connectivity index (χ2v) is 5.69. The van der Waals surface area contributed by atoms with Gasteiger partial charge in [-0.25, -0.2) is 5.10 Å². The first-order valence-corrected chi connectivity index (χ1v) is 7.70. The third-order valence-electron chi connectivity index (χ3n) is 3.32. The molecule has 0 atom stereocenters. The van der Waals surface area contributed by atoms with E-state index >= 15 is 0 Å². The Bertz CT molecular complexity index is 1000. The van der Waals surface area contributed by atoms with Gasteiger partial charge in [-0.3, -0.25) is 25.2 Å². The van der Waals surface area contributed by atoms with Crippen molar-refractivity contribution in [2.45, 2.75) is 0 Å². The van der Waals surface area contributed by atoms with Crippen LogP contribution in [0.5, 0.6) is 0 Å². The molecule has 0 aliphatic heterocycles. The van der Waals surface area contributed by atoms with Crippen molar-refractivity contribution in [3.05, 3.63) is 74.6 Å². The van der Waals surface area contributed by atoms with Crippen LogP contribution in [-0.4, -0.2) is 22.0 Å². The lowest BCUT2D eigenvalue weighted by atomic mass is 10.1. The lowest BCUT2D eigenvalue weighted by Gasteiger charge is -2.09. The summed E-state index contributed by atoms with van der Waals surface area (Å²) in [5, 5.41) is 6.77. The van der Waals surface area contributed by atoms with Crippen molar-refractivity contribution in [2.75, 3.05) is 0 Å². The van der Waals surface area contributed by atoms with Crippen molar-refractivity contribution in [1.82, 2.24) is 21.0 Å². The molecule has 0 saturated carbocycles. The van der Waals surface area contributed by atoms with Crippen LogP contribution in [0.15, 0.2) is 57.8 Å². The second kappa shape index (κ2) is 6.63. The van der Waals surface area contributed by atoms with E-state index in [4.69, 9.17) is 0 Å². The lowest BCUT2D eigenvalue weighted by molar-refractivity contribution is 0.0844. The van der Waals surface area contributed by atoms with Crippen molar-refractivity contribution in [3.8, 4) is 0 Å². The molecule has 120 valence electrons. The Kier molecular flexibility index (Phi) is 4.39. The molecule has 0 spiro atoms. The number of fused-ring (bicyclic) bond motifs is 1. The molecule has 8 heteroatoms. The highest BCUT2D eigenvalue weighted by Gasteiger charge is 2.15. The van der Waals surface area contributed by atoms with E-state index < -0.39 is 11.8 Å². The Hall–Kier alpha value is -3.00. The van der Waals surface area contributed by atoms with Gasteiger partial charge in [-0.05, 0) is 34.1 Å². The van der Waals surface area contributed by atoms with Crippen LogP contribution in [0.4, 0.5) is 0 Å². The van der Waals surface area contributed by atoms with Crippen LogP contribution >= 0.6 is 15.9 Å². The minimum atomic E-state index is -0.636. The van der Waals surface area contributed by atoms with Gasteiger partial charge >= 0.3 is 0 Å². The van der Waals surface area contributed by atoms with E-state index in [0.29, 0.717) is 20.8 Å². The van der Waals surface area contributed by atoms with Gasteiger partial charge in [0.1, 0.15) is 0 Å². The van der Waals surface area contributed by atoms with Crippen molar-refractivity contribution >= 4 is 38.5 Å². The summed E-state index contributed by atoms with van der Waals surface area (Å²) in [6, 6.07) is 13.4. The number of rotatable bonds is 2. The van der Waals surface area contributed by atoms with Gasteiger partial charge in [0.25, 0.3) is 17.4 Å². The van der Waals surface area contributed by atoms with Crippen LogP contribution in [-0.2, 0) is 0 Å². The van der Waals surface area contributed by atoms with Crippen molar-refractivity contribution in [2.24, 2.45) is 0 Å². The highest BCUT2D eigenvalue weighted by Crippen LogP contribution is 2.15. The maximum atomic E-state index is 12.3. The van der Waals surface area contributed by atoms with Gasteiger partial charge in [-0.1, -0.05) is 30.3 Å². The molecule has 1 aromatic heterocycles. The van der Waals surface area contributed by atoms with Crippen LogP contribution in [0, 0.1) is 0 Å². The van der Waals surface area contributed by atoms with E-state index in [9.17, 15) is 14.4 Å². The predicted molar refractivity (Wildman–Crippen MR) is 91.4 cm³/mol. The molecule has 24 heavy (non-hydrogen) atoms. The molecule has 3 rings (SSSR count). The van der Waals surface area contributed by atoms with Crippen molar-refractivity contribution in [3.63, 3.8) is 0 Å². The second-order valence-electron chi connectivity index (χ2n) is 4.84. The summed E-state index contributed by atoms with van der Waals surface area (Å²) in [6.45, 7) is 0. The summed E-state index contributed by atoms with van der Waals surface area (Å²) in [4.78, 5) is 36.1. The number of benzene rings is 2. The fourth-order valence-electron chi connectivity index (χ4n) is 2.17. The molecule has 7 nitrogen and oxygen atoms in total. The molecular weight excluding hydrogens is 376 g/mol. The molecular formula is C16H11BrN4O3. The fourth-order valence-corrected chi connectivity index (χ4v) is 2.64. The summed E-state index contributed by atoms with van der Waals surface area (Å²) < 4.78 is 0.601. The zero-order valence-electron chi connectivity index (χ0n) is 12.2. The number of hydrogen-bond donors (Lipinski definition) is 3. The Morgan fingerprint density at radius 1 is 0.917 bits per heavy atom. The lowest BCUT2D eigenvalue weighted by Crippen LogP contribution is -2.42. The van der Waals surface area contributed by atoms with Crippen LogP contribution in [0.3, 0.4) is 0 Å². The van der Waals surface area contributed by atoms with Crippen LogP contribution in [0.1, 0.15) is 20.8 Å². The van der Waals surface area contributed by atoms with Crippen molar-refractivity contribution < 1.29 is 9.59 Å². The summed E-state index contributed by atoms with van der Waals surface area (Å²) in [5.74, 6) is -1.12. The first kappa shape index (κ1) is 15.9. The van der Waals surface area contributed by atoms with Crippen molar-refractivity contribution in [1.29, 1.82) is 0 Å². The summed E-state index contributed by atoms with van der Waals surface area (Å²) in [7, 11) is 0. The number of nitrogens with zero attached hydrogens (tertiary/aromatic N) is 1. The number of amides is 2. The number of aromatic amines is 1. The van der Waals surface area contributed by atoms with Gasteiger partial charge in [0.05, 0.1) is 10.9 Å². The number of carbonyl (C=O) groups excluding carboxylic acids is 2. The van der Waals surface area contributed by atoms with E-state index in [1.54, 1.807) is 48.5 Å². The number of halogens is 1. The zero-order valence-corrected chi connectivity index (χ0v) is 13.8. The highest BCUT2D eigenvalue weighted by molar-refractivity contribution is 9.10. The zero-order chi connectivity index (χ0) is 17.1. The predicted octanol–water partition coefficient (Wildman–Crippen LogP) is 1.76. The molecule has 2 amide bonds. The minimum Gasteiger partial charge on any atom is -0.267 e. The molecule has 0 aliphatic carbocycles. The maximum absolute atomic E-state index is 12.3. The van der Waals surface area contributed by atoms with E-state index in [1.165, 1.54) is 0 Å². The molecule has 1 heterocycles. The molecule has 0 bridgehead atoms. The molecule has 3 aromatic rings. The third-order valence-corrected chi connectivity index (χ3v) is 4.01. The minimum absolute atomic E-state index is 0.0117. The summed E-state index contributed by atoms with van der Waals surface area (Å²) in [6.07, 6.45) is 0. The molecule has 0 fully saturated rings. The SMILES string of the molecule is O=C(NNC(=O)c1n[nH]c(=O)c2ccccc12)c1ccccc1Br. The molecule has 0 unspecified atom stereocenters. The average molecular weight is 387 g/mol. The molecule has 3 N–H and O–H groups in total. The smallest absolute Gasteiger partial charge is 0.267 e. The van der Waals surface area contributed by atoms with Crippen LogP contribution in [0.2, 0.25) is 0 Å². The van der Waals surface area contributed by atoms with Gasteiger partial charge in [-0.15, -0.1) is 0 Å². The first-order valence-electron chi connectivity index (χ1n) is 6.90. The maximum Gasteiger partial charge on any atom is 0.290 e. The Labute approximate surface area is 144 Å². The molecule has 0 radical (unpaired) electrons. The molecule has 0 saturated heterocycles. The average Bonchev–Trinajstić information content (AvgIpc) is 2.60.